The Morgan fingerprint density at radius 3 is 3.00 bits per heavy atom. The quantitative estimate of drug-likeness (QED) is 0.582. The molecule has 0 aliphatic rings. The van der Waals surface area contributed by atoms with Gasteiger partial charge >= 0.3 is 0 Å². The number of nitrogens with zero attached hydrogens (tertiary/aromatic N) is 1. The minimum absolute atomic E-state index is 0.291. The van der Waals surface area contributed by atoms with E-state index in [1.807, 2.05) is 6.07 Å². The first-order valence-electron chi connectivity index (χ1n) is 3.39. The summed E-state index contributed by atoms with van der Waals surface area (Å²) in [7, 11) is 0. The summed E-state index contributed by atoms with van der Waals surface area (Å²) in [6.45, 7) is 0. The Bertz CT molecular complexity index is 426. The van der Waals surface area contributed by atoms with Gasteiger partial charge in [0.15, 0.2) is 0 Å². The third-order valence-electron chi connectivity index (χ3n) is 1.57. The van der Waals surface area contributed by atoms with Crippen molar-refractivity contribution in [1.82, 2.24) is 4.98 Å². The first kappa shape index (κ1) is 7.16. The maximum atomic E-state index is 12.9. The van der Waals surface area contributed by atoms with Crippen molar-refractivity contribution in [3.05, 3.63) is 42.1 Å². The molecular weight excluding hydrogens is 160 g/mol. The summed E-state index contributed by atoms with van der Waals surface area (Å²) in [5, 5.41) is 0.291. The highest BCUT2D eigenvalue weighted by Crippen LogP contribution is 2.15. The second-order valence-corrected chi connectivity index (χ2v) is 2.37. The third kappa shape index (κ3) is 1.03. The molecule has 12 heavy (non-hydrogen) atoms. The molecule has 0 aliphatic carbocycles. The Hall–Kier alpha value is -1.51. The van der Waals surface area contributed by atoms with E-state index in [2.05, 4.69) is 4.98 Å². The number of hydrogen-bond acceptors (Lipinski definition) is 1. The number of rotatable bonds is 0. The van der Waals surface area contributed by atoms with Gasteiger partial charge in [-0.05, 0) is 12.1 Å². The molecule has 3 heteroatoms. The average molecular weight is 164 g/mol. The lowest BCUT2D eigenvalue weighted by atomic mass is 10.2. The first-order valence-corrected chi connectivity index (χ1v) is 3.39. The van der Waals surface area contributed by atoms with Gasteiger partial charge in [0, 0.05) is 17.6 Å². The fraction of sp³-hybridized carbons (Fsp3) is 0. The highest BCUT2D eigenvalue weighted by molar-refractivity contribution is 5.78. The summed E-state index contributed by atoms with van der Waals surface area (Å²) in [5.74, 6) is -1.42. The molecule has 0 fully saturated rings. The number of fused-ring (bicyclic) bond motifs is 1. The molecule has 0 atom stereocenters. The van der Waals surface area contributed by atoms with Gasteiger partial charge in [0.1, 0.15) is 11.6 Å². The molecule has 0 saturated carbocycles. The highest BCUT2D eigenvalue weighted by Gasteiger charge is 2.03. The van der Waals surface area contributed by atoms with Crippen LogP contribution >= 0.6 is 0 Å². The highest BCUT2D eigenvalue weighted by atomic mass is 19.1. The number of halogens is 2. The zero-order valence-electron chi connectivity index (χ0n) is 6.01. The van der Waals surface area contributed by atoms with Crippen molar-refractivity contribution in [2.75, 3.05) is 0 Å². The lowest BCUT2D eigenvalue weighted by molar-refractivity contribution is 0.587. The zero-order valence-corrected chi connectivity index (χ0v) is 6.01. The summed E-state index contributed by atoms with van der Waals surface area (Å²) >= 11 is 0. The van der Waals surface area contributed by atoms with Crippen LogP contribution in [0.4, 0.5) is 8.78 Å². The van der Waals surface area contributed by atoms with Gasteiger partial charge in [0.2, 0.25) is 0 Å². The molecule has 0 saturated heterocycles. The minimum atomic E-state index is -0.723. The molecule has 0 aliphatic heterocycles. The number of hydrogen-bond donors (Lipinski definition) is 0. The molecule has 2 aromatic rings. The topological polar surface area (TPSA) is 12.9 Å². The molecule has 0 N–H and O–H groups in total. The van der Waals surface area contributed by atoms with Gasteiger partial charge in [-0.15, -0.1) is 0 Å². The summed E-state index contributed by atoms with van der Waals surface area (Å²) in [6, 6.07) is 6.22. The van der Waals surface area contributed by atoms with Gasteiger partial charge in [-0.25, -0.2) is 8.78 Å². The maximum Gasteiger partial charge on any atom is 0.143 e. The van der Waals surface area contributed by atoms with Gasteiger partial charge in [0.05, 0.1) is 11.6 Å². The molecule has 0 unspecified atom stereocenters. The Morgan fingerprint density at radius 2 is 2.17 bits per heavy atom. The summed E-state index contributed by atoms with van der Waals surface area (Å²) in [5.41, 5.74) is 0.311. The van der Waals surface area contributed by atoms with Crippen molar-refractivity contribution in [3.8, 4) is 0 Å². The summed E-state index contributed by atoms with van der Waals surface area (Å²) < 4.78 is 25.5. The molecule has 1 aromatic heterocycles. The van der Waals surface area contributed by atoms with Gasteiger partial charge in [-0.3, -0.25) is 4.98 Å². The van der Waals surface area contributed by atoms with Gasteiger partial charge in [-0.1, -0.05) is 0 Å². The van der Waals surface area contributed by atoms with Gasteiger partial charge in [0.25, 0.3) is 0 Å². The van der Waals surface area contributed by atoms with Crippen molar-refractivity contribution in [2.45, 2.75) is 0 Å². The summed E-state index contributed by atoms with van der Waals surface area (Å²) in [4.78, 5) is 3.80. The van der Waals surface area contributed by atoms with E-state index in [9.17, 15) is 8.78 Å². The van der Waals surface area contributed by atoms with Crippen molar-refractivity contribution in [1.29, 1.82) is 0 Å². The van der Waals surface area contributed by atoms with E-state index in [4.69, 9.17) is 0 Å². The fourth-order valence-electron chi connectivity index (χ4n) is 1.05. The van der Waals surface area contributed by atoms with E-state index < -0.39 is 11.6 Å². The van der Waals surface area contributed by atoms with Crippen molar-refractivity contribution in [2.24, 2.45) is 0 Å². The lowest BCUT2D eigenvalue weighted by Crippen LogP contribution is -1.85. The SMILES string of the molecule is Fc1[c]c(F)c2cccnc2c1. The van der Waals surface area contributed by atoms with Crippen LogP contribution in [0.1, 0.15) is 0 Å². The molecule has 1 radical (unpaired) electrons. The van der Waals surface area contributed by atoms with E-state index in [0.717, 1.165) is 6.07 Å². The van der Waals surface area contributed by atoms with Crippen LogP contribution in [0.3, 0.4) is 0 Å². The third-order valence-corrected chi connectivity index (χ3v) is 1.57. The smallest absolute Gasteiger partial charge is 0.143 e. The minimum Gasteiger partial charge on any atom is -0.256 e. The molecule has 1 aromatic carbocycles. The number of pyridine rings is 1. The second kappa shape index (κ2) is 2.52. The van der Waals surface area contributed by atoms with Crippen LogP contribution in [-0.2, 0) is 0 Å². The van der Waals surface area contributed by atoms with Crippen LogP contribution in [0.2, 0.25) is 0 Å². The van der Waals surface area contributed by atoms with Crippen LogP contribution in [0, 0.1) is 17.7 Å². The van der Waals surface area contributed by atoms with Crippen LogP contribution in [-0.4, -0.2) is 4.98 Å². The van der Waals surface area contributed by atoms with Crippen LogP contribution in [0.5, 0.6) is 0 Å². The first-order chi connectivity index (χ1) is 5.77. The van der Waals surface area contributed by atoms with Gasteiger partial charge < -0.3 is 0 Å². The number of aromatic nitrogens is 1. The van der Waals surface area contributed by atoms with Crippen LogP contribution in [0.25, 0.3) is 10.9 Å². The molecule has 0 amide bonds. The van der Waals surface area contributed by atoms with Crippen molar-refractivity contribution >= 4 is 10.9 Å². The summed E-state index contributed by atoms with van der Waals surface area (Å²) in [6.07, 6.45) is 1.49. The molecule has 1 heterocycles. The maximum absolute atomic E-state index is 12.9. The lowest BCUT2D eigenvalue weighted by Gasteiger charge is -1.96. The molecule has 2 rings (SSSR count). The molecule has 0 spiro atoms. The molecule has 1 nitrogen and oxygen atoms in total. The number of benzene rings is 1. The molecule has 0 bridgehead atoms. The van der Waals surface area contributed by atoms with E-state index in [1.165, 1.54) is 12.3 Å². The van der Waals surface area contributed by atoms with E-state index in [-0.39, 0.29) is 0 Å². The normalized spacial score (nSPS) is 10.5. The van der Waals surface area contributed by atoms with Crippen LogP contribution in [0.15, 0.2) is 24.4 Å². The van der Waals surface area contributed by atoms with Crippen LogP contribution < -0.4 is 0 Å². The Labute approximate surface area is 67.7 Å². The van der Waals surface area contributed by atoms with Crippen molar-refractivity contribution < 1.29 is 8.78 Å². The second-order valence-electron chi connectivity index (χ2n) is 2.37. The predicted molar refractivity (Wildman–Crippen MR) is 40.5 cm³/mol. The van der Waals surface area contributed by atoms with E-state index in [0.29, 0.717) is 10.9 Å². The van der Waals surface area contributed by atoms with E-state index in [1.54, 1.807) is 6.07 Å². The Morgan fingerprint density at radius 1 is 1.33 bits per heavy atom. The zero-order chi connectivity index (χ0) is 8.55. The Balaban J connectivity index is 2.89. The predicted octanol–water partition coefficient (Wildman–Crippen LogP) is 2.31. The standard InChI is InChI=1S/C9H4F2N/c10-6-4-8(11)7-2-1-3-12-9(7)5-6/h1-3,5H. The molecule has 59 valence electrons. The van der Waals surface area contributed by atoms with Crippen molar-refractivity contribution in [3.63, 3.8) is 0 Å². The largest absolute Gasteiger partial charge is 0.256 e. The Kier molecular flexibility index (Phi) is 1.50. The molecular formula is C9H4F2N. The average Bonchev–Trinajstić information content (AvgIpc) is 2.04. The monoisotopic (exact) mass is 164 g/mol. The van der Waals surface area contributed by atoms with Gasteiger partial charge in [-0.2, -0.15) is 0 Å². The fourth-order valence-corrected chi connectivity index (χ4v) is 1.05. The van der Waals surface area contributed by atoms with E-state index >= 15 is 0 Å².